The number of rotatable bonds is 9. The Bertz CT molecular complexity index is 1790. The van der Waals surface area contributed by atoms with E-state index < -0.39 is 33.7 Å². The zero-order valence-electron chi connectivity index (χ0n) is 24.2. The first-order valence-electron chi connectivity index (χ1n) is 13.9. The molecule has 0 aliphatic carbocycles. The van der Waals surface area contributed by atoms with Crippen molar-refractivity contribution in [3.8, 4) is 0 Å². The summed E-state index contributed by atoms with van der Waals surface area (Å²) in [6.07, 6.45) is 1.55. The third-order valence-corrected chi connectivity index (χ3v) is 8.13. The number of nitrogens with one attached hydrogen (secondary N) is 1. The van der Waals surface area contributed by atoms with Gasteiger partial charge < -0.3 is 4.74 Å². The van der Waals surface area contributed by atoms with Crippen LogP contribution in [0.5, 0.6) is 0 Å². The van der Waals surface area contributed by atoms with E-state index in [0.717, 1.165) is 11.1 Å². The monoisotopic (exact) mass is 591 g/mol. The Kier molecular flexibility index (Phi) is 8.80. The molecule has 1 aromatic heterocycles. The normalized spacial score (nSPS) is 13.2. The van der Waals surface area contributed by atoms with Crippen molar-refractivity contribution in [1.82, 2.24) is 9.71 Å². The molecule has 4 aromatic carbocycles. The van der Waals surface area contributed by atoms with Gasteiger partial charge in [0.15, 0.2) is 6.04 Å². The third-order valence-electron chi connectivity index (χ3n) is 6.65. The largest absolute Gasteiger partial charge is 0.458 e. The summed E-state index contributed by atoms with van der Waals surface area (Å²) in [6, 6.07) is 34.1. The third kappa shape index (κ3) is 7.23. The van der Waals surface area contributed by atoms with Crippen LogP contribution in [0.15, 0.2) is 137 Å². The zero-order valence-corrected chi connectivity index (χ0v) is 25.0. The maximum absolute atomic E-state index is 14.1. The van der Waals surface area contributed by atoms with Crippen LogP contribution in [-0.2, 0) is 19.6 Å². The van der Waals surface area contributed by atoms with Crippen LogP contribution >= 0.6 is 0 Å². The minimum atomic E-state index is -4.21. The van der Waals surface area contributed by atoms with Gasteiger partial charge in [-0.3, -0.25) is 9.98 Å². The standard InChI is InChI=1S/C35H33N3O4S/c1-35(2,3)42-34(39)33(37-30(25-15-7-4-8-16-25)26-17-9-5-10-18-26)32(28-19-11-6-12-20-28)38-43(40,41)29-23-13-21-27-22-14-24-36-31(27)29/h4-24,32-33,38H,1-3H3/t32?,33-/m0/s1. The van der Waals surface area contributed by atoms with Crippen molar-refractivity contribution in [2.75, 3.05) is 0 Å². The molecule has 0 bridgehead atoms. The van der Waals surface area contributed by atoms with E-state index in [1.807, 2.05) is 66.7 Å². The summed E-state index contributed by atoms with van der Waals surface area (Å²) in [7, 11) is -4.21. The molecule has 1 heterocycles. The van der Waals surface area contributed by atoms with Gasteiger partial charge in [-0.25, -0.2) is 17.9 Å². The highest BCUT2D eigenvalue weighted by atomic mass is 32.2. The van der Waals surface area contributed by atoms with Gasteiger partial charge in [-0.15, -0.1) is 0 Å². The number of pyridine rings is 1. The average Bonchev–Trinajstić information content (AvgIpc) is 3.01. The molecule has 1 N–H and O–H groups in total. The summed E-state index contributed by atoms with van der Waals surface area (Å²) in [5.41, 5.74) is 2.12. The molecule has 218 valence electrons. The lowest BCUT2D eigenvalue weighted by molar-refractivity contribution is -0.157. The highest BCUT2D eigenvalue weighted by Crippen LogP contribution is 2.29. The fourth-order valence-electron chi connectivity index (χ4n) is 4.77. The molecule has 43 heavy (non-hydrogen) atoms. The molecule has 0 radical (unpaired) electrons. The molecule has 0 spiro atoms. The molecule has 0 aliphatic rings. The van der Waals surface area contributed by atoms with Crippen molar-refractivity contribution < 1.29 is 17.9 Å². The van der Waals surface area contributed by atoms with Gasteiger partial charge >= 0.3 is 5.97 Å². The van der Waals surface area contributed by atoms with Gasteiger partial charge in [0.2, 0.25) is 10.0 Å². The van der Waals surface area contributed by atoms with Crippen LogP contribution in [0.2, 0.25) is 0 Å². The molecule has 0 saturated heterocycles. The van der Waals surface area contributed by atoms with Gasteiger partial charge in [0.1, 0.15) is 10.5 Å². The van der Waals surface area contributed by atoms with Gasteiger partial charge in [-0.05, 0) is 38.5 Å². The molecule has 2 atom stereocenters. The highest BCUT2D eigenvalue weighted by molar-refractivity contribution is 7.89. The van der Waals surface area contributed by atoms with Crippen LogP contribution in [0.1, 0.15) is 43.5 Å². The molecule has 0 saturated carbocycles. The molecular weight excluding hydrogens is 558 g/mol. The van der Waals surface area contributed by atoms with Gasteiger partial charge in [0.05, 0.1) is 17.3 Å². The lowest BCUT2D eigenvalue weighted by Gasteiger charge is -2.29. The van der Waals surface area contributed by atoms with Crippen LogP contribution in [0, 0.1) is 0 Å². The second-order valence-electron chi connectivity index (χ2n) is 11.0. The molecule has 0 fully saturated rings. The number of aliphatic imine (C=N–C) groups is 1. The number of sulfonamides is 1. The number of nitrogens with zero attached hydrogens (tertiary/aromatic N) is 2. The Labute approximate surface area is 252 Å². The molecule has 5 aromatic rings. The molecule has 8 heteroatoms. The second-order valence-corrected chi connectivity index (χ2v) is 12.7. The van der Waals surface area contributed by atoms with Crippen LogP contribution in [0.25, 0.3) is 10.9 Å². The van der Waals surface area contributed by atoms with Gasteiger partial charge in [-0.2, -0.15) is 0 Å². The van der Waals surface area contributed by atoms with Gasteiger partial charge in [0.25, 0.3) is 0 Å². The van der Waals surface area contributed by atoms with E-state index in [1.165, 1.54) is 6.07 Å². The number of ether oxygens (including phenoxy) is 1. The summed E-state index contributed by atoms with van der Waals surface area (Å²) in [5, 5.41) is 0.679. The second kappa shape index (κ2) is 12.7. The molecule has 5 rings (SSSR count). The summed E-state index contributed by atoms with van der Waals surface area (Å²) in [6.45, 7) is 5.30. The number of hydrogen-bond acceptors (Lipinski definition) is 6. The predicted molar refractivity (Wildman–Crippen MR) is 169 cm³/mol. The first-order chi connectivity index (χ1) is 20.6. The number of carbonyl (C=O) groups is 1. The summed E-state index contributed by atoms with van der Waals surface area (Å²) < 4.78 is 36.9. The number of hydrogen-bond donors (Lipinski definition) is 1. The number of aromatic nitrogens is 1. The van der Waals surface area contributed by atoms with Crippen LogP contribution in [-0.4, -0.2) is 36.7 Å². The number of esters is 1. The van der Waals surface area contributed by atoms with Crippen molar-refractivity contribution in [2.24, 2.45) is 4.99 Å². The Hall–Kier alpha value is -4.66. The van der Waals surface area contributed by atoms with Gasteiger partial charge in [-0.1, -0.05) is 109 Å². The number of carbonyl (C=O) groups excluding carboxylic acids is 1. The van der Waals surface area contributed by atoms with Crippen LogP contribution in [0.3, 0.4) is 0 Å². The minimum absolute atomic E-state index is 0.00444. The number of benzene rings is 4. The van der Waals surface area contributed by atoms with Crippen molar-refractivity contribution in [1.29, 1.82) is 0 Å². The summed E-state index contributed by atoms with van der Waals surface area (Å²) in [5.74, 6) is -0.663. The number of fused-ring (bicyclic) bond motifs is 1. The Morgan fingerprint density at radius 1 is 0.767 bits per heavy atom. The average molecular weight is 592 g/mol. The van der Waals surface area contributed by atoms with Crippen molar-refractivity contribution in [2.45, 2.75) is 43.4 Å². The van der Waals surface area contributed by atoms with Crippen LogP contribution < -0.4 is 4.72 Å². The lowest BCUT2D eigenvalue weighted by Crippen LogP contribution is -2.43. The van der Waals surface area contributed by atoms with Gasteiger partial charge in [0, 0.05) is 22.7 Å². The minimum Gasteiger partial charge on any atom is -0.458 e. The quantitative estimate of drug-likeness (QED) is 0.156. The zero-order chi connectivity index (χ0) is 30.5. The van der Waals surface area contributed by atoms with E-state index in [9.17, 15) is 13.2 Å². The maximum atomic E-state index is 14.1. The Morgan fingerprint density at radius 3 is 1.91 bits per heavy atom. The molecule has 0 aliphatic heterocycles. The SMILES string of the molecule is CC(C)(C)OC(=O)[C@@H](N=C(c1ccccc1)c1ccccc1)C(NS(=O)(=O)c1cccc2cccnc12)c1ccccc1. The van der Waals surface area contributed by atoms with E-state index in [1.54, 1.807) is 75.5 Å². The highest BCUT2D eigenvalue weighted by Gasteiger charge is 2.37. The van der Waals surface area contributed by atoms with E-state index in [4.69, 9.17) is 9.73 Å². The molecule has 0 amide bonds. The first-order valence-corrected chi connectivity index (χ1v) is 15.4. The lowest BCUT2D eigenvalue weighted by atomic mass is 9.98. The predicted octanol–water partition coefficient (Wildman–Crippen LogP) is 6.50. The van der Waals surface area contributed by atoms with Crippen molar-refractivity contribution in [3.63, 3.8) is 0 Å². The van der Waals surface area contributed by atoms with Crippen LogP contribution in [0.4, 0.5) is 0 Å². The fourth-order valence-corrected chi connectivity index (χ4v) is 6.18. The van der Waals surface area contributed by atoms with E-state index >= 15 is 0 Å². The molecular formula is C35H33N3O4S. The fraction of sp³-hybridized carbons (Fsp3) is 0.171. The summed E-state index contributed by atoms with van der Waals surface area (Å²) in [4.78, 5) is 23.4. The number of para-hydroxylation sites is 1. The summed E-state index contributed by atoms with van der Waals surface area (Å²) >= 11 is 0. The van der Waals surface area contributed by atoms with Crippen molar-refractivity contribution >= 4 is 32.6 Å². The Balaban J connectivity index is 1.71. The maximum Gasteiger partial charge on any atom is 0.333 e. The first kappa shape index (κ1) is 29.8. The van der Waals surface area contributed by atoms with E-state index in [2.05, 4.69) is 9.71 Å². The van der Waals surface area contributed by atoms with Crippen molar-refractivity contribution in [3.05, 3.63) is 144 Å². The molecule has 1 unspecified atom stereocenters. The topological polar surface area (TPSA) is 97.7 Å². The molecule has 7 nitrogen and oxygen atoms in total. The Morgan fingerprint density at radius 2 is 1.33 bits per heavy atom. The smallest absolute Gasteiger partial charge is 0.333 e. The van der Waals surface area contributed by atoms with E-state index in [0.29, 0.717) is 22.2 Å². The van der Waals surface area contributed by atoms with E-state index in [-0.39, 0.29) is 4.90 Å².